The molecule has 0 amide bonds. The lowest BCUT2D eigenvalue weighted by molar-refractivity contribution is 0.0697. The number of pyridine rings is 1. The molecule has 1 heterocycles. The number of carbonyl (C=O) groups is 1. The van der Waals surface area contributed by atoms with Crippen LogP contribution in [0.5, 0.6) is 0 Å². The van der Waals surface area contributed by atoms with Crippen molar-refractivity contribution in [3.8, 4) is 0 Å². The fourth-order valence-corrected chi connectivity index (χ4v) is 4.66. The van der Waals surface area contributed by atoms with Crippen LogP contribution in [-0.2, 0) is 0 Å². The first-order valence-electron chi connectivity index (χ1n) is 7.40. The molecule has 3 atom stereocenters. The molecule has 4 nitrogen and oxygen atoms in total. The maximum atomic E-state index is 11.4. The van der Waals surface area contributed by atoms with Gasteiger partial charge in [-0.25, -0.2) is 9.78 Å². The van der Waals surface area contributed by atoms with E-state index in [9.17, 15) is 9.90 Å². The number of nitrogens with zero attached hydrogens (tertiary/aromatic N) is 1. The molecule has 5 heteroatoms. The van der Waals surface area contributed by atoms with Crippen LogP contribution in [0.2, 0.25) is 5.15 Å². The summed E-state index contributed by atoms with van der Waals surface area (Å²) in [4.78, 5) is 15.6. The molecule has 2 fully saturated rings. The molecule has 0 spiro atoms. The Morgan fingerprint density at radius 3 is 2.71 bits per heavy atom. The Morgan fingerprint density at radius 2 is 2.14 bits per heavy atom. The Labute approximate surface area is 129 Å². The molecule has 0 aromatic carbocycles. The molecule has 3 unspecified atom stereocenters. The molecule has 2 N–H and O–H groups in total. The predicted octanol–water partition coefficient (Wildman–Crippen LogP) is 4.06. The van der Waals surface area contributed by atoms with Crippen LogP contribution in [-0.4, -0.2) is 22.1 Å². The van der Waals surface area contributed by atoms with Crippen LogP contribution in [0, 0.1) is 16.7 Å². The summed E-state index contributed by atoms with van der Waals surface area (Å²) in [6, 6.07) is 3.25. The molecule has 2 bridgehead atoms. The average molecular weight is 309 g/mol. The van der Waals surface area contributed by atoms with Crippen LogP contribution >= 0.6 is 11.6 Å². The standard InChI is InChI=1S/C16H21ClN2O2/c1-15(2)9-6-7-16(3,8-9)14(15)19-12-10(13(20)21)4-5-11(17)18-12/h4-5,9,14H,6-8H2,1-3H3,(H,18,19)(H,20,21). The highest BCUT2D eigenvalue weighted by Crippen LogP contribution is 2.63. The number of halogens is 1. The van der Waals surface area contributed by atoms with Gasteiger partial charge in [0, 0.05) is 6.04 Å². The number of rotatable bonds is 3. The number of aromatic carboxylic acids is 1. The van der Waals surface area contributed by atoms with Crippen LogP contribution < -0.4 is 5.32 Å². The average Bonchev–Trinajstić information content (AvgIpc) is 2.85. The molecule has 1 aromatic heterocycles. The van der Waals surface area contributed by atoms with E-state index in [0.29, 0.717) is 16.9 Å². The fourth-order valence-electron chi connectivity index (χ4n) is 4.52. The lowest BCUT2D eigenvalue weighted by atomic mass is 9.68. The number of nitrogens with one attached hydrogen (secondary N) is 1. The highest BCUT2D eigenvalue weighted by Gasteiger charge is 2.59. The van der Waals surface area contributed by atoms with E-state index in [1.54, 1.807) is 0 Å². The summed E-state index contributed by atoms with van der Waals surface area (Å²) in [5, 5.41) is 13.1. The van der Waals surface area contributed by atoms with Gasteiger partial charge in [-0.2, -0.15) is 0 Å². The van der Waals surface area contributed by atoms with Crippen molar-refractivity contribution >= 4 is 23.4 Å². The number of carboxylic acids is 1. The van der Waals surface area contributed by atoms with Gasteiger partial charge in [-0.3, -0.25) is 0 Å². The lowest BCUT2D eigenvalue weighted by Gasteiger charge is -2.43. The second kappa shape index (κ2) is 4.60. The SMILES string of the molecule is CC12CCC(C1)C(C)(C)C2Nc1nc(Cl)ccc1C(=O)O. The van der Waals surface area contributed by atoms with Gasteiger partial charge >= 0.3 is 5.97 Å². The second-order valence-electron chi connectivity index (χ2n) is 7.33. The Hall–Kier alpha value is -1.29. The van der Waals surface area contributed by atoms with E-state index >= 15 is 0 Å². The van der Waals surface area contributed by atoms with Gasteiger partial charge in [0.15, 0.2) is 0 Å². The Bertz CT molecular complexity index is 597. The van der Waals surface area contributed by atoms with Crippen molar-refractivity contribution in [3.63, 3.8) is 0 Å². The molecule has 2 saturated carbocycles. The molecule has 3 rings (SSSR count). The Kier molecular flexibility index (Phi) is 3.21. The van der Waals surface area contributed by atoms with Crippen LogP contribution in [0.25, 0.3) is 0 Å². The molecule has 0 saturated heterocycles. The molecule has 2 aliphatic carbocycles. The zero-order valence-electron chi connectivity index (χ0n) is 12.6. The first-order chi connectivity index (χ1) is 9.74. The van der Waals surface area contributed by atoms with E-state index in [2.05, 4.69) is 31.1 Å². The molecule has 0 radical (unpaired) electrons. The van der Waals surface area contributed by atoms with Crippen LogP contribution in [0.3, 0.4) is 0 Å². The number of anilines is 1. The minimum absolute atomic E-state index is 0.132. The smallest absolute Gasteiger partial charge is 0.339 e. The molecule has 1 aromatic rings. The summed E-state index contributed by atoms with van der Waals surface area (Å²) in [6.45, 7) is 6.83. The van der Waals surface area contributed by atoms with E-state index in [4.69, 9.17) is 11.6 Å². The van der Waals surface area contributed by atoms with Crippen molar-refractivity contribution in [1.29, 1.82) is 0 Å². The van der Waals surface area contributed by atoms with Crippen molar-refractivity contribution in [2.45, 2.75) is 46.1 Å². The maximum absolute atomic E-state index is 11.4. The van der Waals surface area contributed by atoms with E-state index < -0.39 is 5.97 Å². The third kappa shape index (κ3) is 2.20. The minimum Gasteiger partial charge on any atom is -0.478 e. The molecule has 0 aliphatic heterocycles. The largest absolute Gasteiger partial charge is 0.478 e. The molecular weight excluding hydrogens is 288 g/mol. The van der Waals surface area contributed by atoms with E-state index in [0.717, 1.165) is 0 Å². The van der Waals surface area contributed by atoms with Gasteiger partial charge < -0.3 is 10.4 Å². The molecule has 2 aliphatic rings. The van der Waals surface area contributed by atoms with Gasteiger partial charge in [-0.15, -0.1) is 0 Å². The number of hydrogen-bond acceptors (Lipinski definition) is 3. The van der Waals surface area contributed by atoms with Crippen molar-refractivity contribution in [2.75, 3.05) is 5.32 Å². The maximum Gasteiger partial charge on any atom is 0.339 e. The number of fused-ring (bicyclic) bond motifs is 2. The quantitative estimate of drug-likeness (QED) is 0.827. The van der Waals surface area contributed by atoms with Gasteiger partial charge in [0.25, 0.3) is 0 Å². The van der Waals surface area contributed by atoms with Crippen LogP contribution in [0.1, 0.15) is 50.4 Å². The molecular formula is C16H21ClN2O2. The van der Waals surface area contributed by atoms with Crippen molar-refractivity contribution in [1.82, 2.24) is 4.98 Å². The van der Waals surface area contributed by atoms with E-state index in [-0.39, 0.29) is 22.4 Å². The third-order valence-electron chi connectivity index (χ3n) is 5.64. The predicted molar refractivity (Wildman–Crippen MR) is 82.8 cm³/mol. The van der Waals surface area contributed by atoms with Gasteiger partial charge in [0.1, 0.15) is 16.5 Å². The zero-order valence-corrected chi connectivity index (χ0v) is 13.4. The first kappa shape index (κ1) is 14.6. The normalized spacial score (nSPS) is 33.1. The van der Waals surface area contributed by atoms with Crippen molar-refractivity contribution < 1.29 is 9.90 Å². The highest BCUT2D eigenvalue weighted by molar-refractivity contribution is 6.29. The summed E-state index contributed by atoms with van der Waals surface area (Å²) in [5.41, 5.74) is 0.516. The van der Waals surface area contributed by atoms with Gasteiger partial charge in [0.05, 0.1) is 0 Å². The number of carboxylic acid groups (broad SMARTS) is 1. The summed E-state index contributed by atoms with van der Waals surface area (Å²) < 4.78 is 0. The van der Waals surface area contributed by atoms with Crippen molar-refractivity contribution in [2.24, 2.45) is 16.7 Å². The summed E-state index contributed by atoms with van der Waals surface area (Å²) in [5.74, 6) is 0.0992. The van der Waals surface area contributed by atoms with Gasteiger partial charge in [-0.05, 0) is 48.1 Å². The molecule has 21 heavy (non-hydrogen) atoms. The van der Waals surface area contributed by atoms with Crippen LogP contribution in [0.15, 0.2) is 12.1 Å². The third-order valence-corrected chi connectivity index (χ3v) is 5.85. The topological polar surface area (TPSA) is 62.2 Å². The first-order valence-corrected chi connectivity index (χ1v) is 7.78. The second-order valence-corrected chi connectivity index (χ2v) is 7.72. The summed E-state index contributed by atoms with van der Waals surface area (Å²) in [6.07, 6.45) is 3.64. The summed E-state index contributed by atoms with van der Waals surface area (Å²) >= 11 is 5.95. The number of hydrogen-bond donors (Lipinski definition) is 2. The monoisotopic (exact) mass is 308 g/mol. The minimum atomic E-state index is -0.979. The zero-order chi connectivity index (χ0) is 15.4. The van der Waals surface area contributed by atoms with Crippen molar-refractivity contribution in [3.05, 3.63) is 22.8 Å². The Morgan fingerprint density at radius 1 is 1.43 bits per heavy atom. The Balaban J connectivity index is 1.97. The van der Waals surface area contributed by atoms with Gasteiger partial charge in [-0.1, -0.05) is 32.4 Å². The van der Waals surface area contributed by atoms with Crippen LogP contribution in [0.4, 0.5) is 5.82 Å². The highest BCUT2D eigenvalue weighted by atomic mass is 35.5. The molecule has 114 valence electrons. The van der Waals surface area contributed by atoms with E-state index in [1.165, 1.54) is 31.4 Å². The lowest BCUT2D eigenvalue weighted by Crippen LogP contribution is -2.46. The fraction of sp³-hybridized carbons (Fsp3) is 0.625. The van der Waals surface area contributed by atoms with E-state index in [1.807, 2.05) is 0 Å². The summed E-state index contributed by atoms with van der Waals surface area (Å²) in [7, 11) is 0. The van der Waals surface area contributed by atoms with Gasteiger partial charge in [0.2, 0.25) is 0 Å². The number of aromatic nitrogens is 1.